The number of methoxy groups -OCH3 is 1. The van der Waals surface area contributed by atoms with E-state index in [1.54, 1.807) is 0 Å². The van der Waals surface area contributed by atoms with E-state index in [4.69, 9.17) is 0 Å². The van der Waals surface area contributed by atoms with Gasteiger partial charge >= 0.3 is 12.1 Å². The second-order valence-corrected chi connectivity index (χ2v) is 6.82. The van der Waals surface area contributed by atoms with E-state index in [2.05, 4.69) is 9.72 Å². The third-order valence-corrected chi connectivity index (χ3v) is 5.28. The Balaban J connectivity index is 2.46. The number of hydrogen-bond acceptors (Lipinski definition) is 4. The molecule has 25 heavy (non-hydrogen) atoms. The van der Waals surface area contributed by atoms with Crippen molar-refractivity contribution in [3.05, 3.63) is 47.8 Å². The van der Waals surface area contributed by atoms with Crippen molar-refractivity contribution in [1.29, 1.82) is 0 Å². The number of nitrogens with zero attached hydrogens (tertiary/aromatic N) is 1. The zero-order chi connectivity index (χ0) is 18.8. The topological polar surface area (TPSA) is 79.5 Å². The van der Waals surface area contributed by atoms with Crippen molar-refractivity contribution < 1.29 is 31.1 Å². The molecule has 0 radical (unpaired) electrons. The van der Waals surface area contributed by atoms with E-state index in [-0.39, 0.29) is 22.8 Å². The van der Waals surface area contributed by atoms with Gasteiger partial charge in [0.2, 0.25) is 0 Å². The number of H-pyrrole nitrogens is 1. The van der Waals surface area contributed by atoms with Gasteiger partial charge in [-0.2, -0.15) is 13.2 Å². The van der Waals surface area contributed by atoms with E-state index in [1.807, 2.05) is 0 Å². The van der Waals surface area contributed by atoms with Gasteiger partial charge in [-0.15, -0.1) is 0 Å². The van der Waals surface area contributed by atoms with Crippen LogP contribution in [0.2, 0.25) is 0 Å². The molecule has 0 unspecified atom stereocenters. The van der Waals surface area contributed by atoms with Crippen LogP contribution in [0.1, 0.15) is 23.0 Å². The molecule has 10 heteroatoms. The third-order valence-electron chi connectivity index (χ3n) is 3.40. The highest BCUT2D eigenvalue weighted by atomic mass is 32.2. The first-order chi connectivity index (χ1) is 11.6. The SMILES string of the molecule is CCN(c1cccc(C(F)(F)F)c1)S(=O)(=O)c1c[nH]c(C(=O)OC)c1. The molecule has 1 aromatic heterocycles. The number of ether oxygens (including phenoxy) is 1. The van der Waals surface area contributed by atoms with Gasteiger partial charge < -0.3 is 9.72 Å². The molecule has 0 aliphatic rings. The minimum absolute atomic E-state index is 0.0822. The molecule has 0 aliphatic heterocycles. The van der Waals surface area contributed by atoms with Crippen molar-refractivity contribution in [2.45, 2.75) is 18.0 Å². The summed E-state index contributed by atoms with van der Waals surface area (Å²) in [5, 5.41) is 0. The van der Waals surface area contributed by atoms with Gasteiger partial charge in [0.25, 0.3) is 10.0 Å². The van der Waals surface area contributed by atoms with Crippen molar-refractivity contribution in [3.8, 4) is 0 Å². The highest BCUT2D eigenvalue weighted by molar-refractivity contribution is 7.92. The lowest BCUT2D eigenvalue weighted by Gasteiger charge is -2.23. The Morgan fingerprint density at radius 3 is 2.52 bits per heavy atom. The summed E-state index contributed by atoms with van der Waals surface area (Å²) in [5.41, 5.74) is -1.16. The summed E-state index contributed by atoms with van der Waals surface area (Å²) < 4.78 is 69.3. The van der Waals surface area contributed by atoms with E-state index in [0.29, 0.717) is 0 Å². The smallest absolute Gasteiger partial charge is 0.416 e. The summed E-state index contributed by atoms with van der Waals surface area (Å²) in [6.07, 6.45) is -3.51. The van der Waals surface area contributed by atoms with Crippen LogP contribution in [-0.2, 0) is 20.9 Å². The fourth-order valence-electron chi connectivity index (χ4n) is 2.21. The van der Waals surface area contributed by atoms with Gasteiger partial charge in [-0.1, -0.05) is 6.07 Å². The summed E-state index contributed by atoms with van der Waals surface area (Å²) in [7, 11) is -3.02. The number of aromatic nitrogens is 1. The molecule has 1 aromatic carbocycles. The molecule has 0 bridgehead atoms. The summed E-state index contributed by atoms with van der Waals surface area (Å²) in [6.45, 7) is 1.40. The van der Waals surface area contributed by atoms with Crippen LogP contribution in [0.5, 0.6) is 0 Å². The lowest BCUT2D eigenvalue weighted by atomic mass is 10.2. The number of nitrogens with one attached hydrogen (secondary N) is 1. The molecule has 0 fully saturated rings. The van der Waals surface area contributed by atoms with Gasteiger partial charge in [-0.3, -0.25) is 4.31 Å². The van der Waals surface area contributed by atoms with E-state index in [0.717, 1.165) is 41.9 Å². The van der Waals surface area contributed by atoms with Crippen LogP contribution in [0.4, 0.5) is 18.9 Å². The molecular formula is C15H15F3N2O4S. The molecule has 0 aliphatic carbocycles. The van der Waals surface area contributed by atoms with Crippen molar-refractivity contribution in [3.63, 3.8) is 0 Å². The van der Waals surface area contributed by atoms with E-state index < -0.39 is 27.7 Å². The summed E-state index contributed by atoms with van der Waals surface area (Å²) in [6, 6.07) is 5.08. The Hall–Kier alpha value is -2.49. The Morgan fingerprint density at radius 2 is 1.96 bits per heavy atom. The predicted molar refractivity (Wildman–Crippen MR) is 83.8 cm³/mol. The van der Waals surface area contributed by atoms with Crippen molar-refractivity contribution >= 4 is 21.7 Å². The van der Waals surface area contributed by atoms with Crippen molar-refractivity contribution in [1.82, 2.24) is 4.98 Å². The van der Waals surface area contributed by atoms with Gasteiger partial charge in [0, 0.05) is 12.7 Å². The van der Waals surface area contributed by atoms with Gasteiger partial charge in [-0.25, -0.2) is 13.2 Å². The fraction of sp³-hybridized carbons (Fsp3) is 0.267. The quantitative estimate of drug-likeness (QED) is 0.814. The van der Waals surface area contributed by atoms with Gasteiger partial charge in [-0.05, 0) is 31.2 Å². The maximum atomic E-state index is 12.9. The van der Waals surface area contributed by atoms with Crippen LogP contribution in [0.15, 0.2) is 41.4 Å². The molecule has 2 aromatic rings. The zero-order valence-electron chi connectivity index (χ0n) is 13.3. The van der Waals surface area contributed by atoms with E-state index in [1.165, 1.54) is 13.0 Å². The molecule has 0 saturated carbocycles. The first kappa shape index (κ1) is 18.8. The van der Waals surface area contributed by atoms with Crippen LogP contribution in [0.3, 0.4) is 0 Å². The molecular weight excluding hydrogens is 361 g/mol. The molecule has 0 spiro atoms. The minimum atomic E-state index is -4.59. The number of aromatic amines is 1. The van der Waals surface area contributed by atoms with Crippen molar-refractivity contribution in [2.24, 2.45) is 0 Å². The lowest BCUT2D eigenvalue weighted by molar-refractivity contribution is -0.137. The molecule has 0 amide bonds. The van der Waals surface area contributed by atoms with Crippen LogP contribution < -0.4 is 4.31 Å². The average molecular weight is 376 g/mol. The maximum absolute atomic E-state index is 12.9. The monoisotopic (exact) mass is 376 g/mol. The third kappa shape index (κ3) is 3.78. The highest BCUT2D eigenvalue weighted by Crippen LogP contribution is 2.33. The number of carbonyl (C=O) groups excluding carboxylic acids is 1. The fourth-order valence-corrected chi connectivity index (χ4v) is 3.67. The largest absolute Gasteiger partial charge is 0.464 e. The zero-order valence-corrected chi connectivity index (χ0v) is 14.1. The van der Waals surface area contributed by atoms with Gasteiger partial charge in [0.05, 0.1) is 18.4 Å². The first-order valence-corrected chi connectivity index (χ1v) is 8.52. The molecule has 1 N–H and O–H groups in total. The summed E-state index contributed by atoms with van der Waals surface area (Å²) in [4.78, 5) is 13.6. The normalized spacial score (nSPS) is 12.0. The number of anilines is 1. The number of halogens is 3. The number of rotatable bonds is 5. The van der Waals surface area contributed by atoms with E-state index >= 15 is 0 Å². The minimum Gasteiger partial charge on any atom is -0.464 e. The number of esters is 1. The van der Waals surface area contributed by atoms with Crippen LogP contribution in [-0.4, -0.2) is 33.0 Å². The predicted octanol–water partition coefficient (Wildman–Crippen LogP) is 3.04. The molecule has 6 nitrogen and oxygen atoms in total. The van der Waals surface area contributed by atoms with Crippen LogP contribution in [0, 0.1) is 0 Å². The number of sulfonamides is 1. The molecule has 136 valence electrons. The molecule has 0 atom stereocenters. The van der Waals surface area contributed by atoms with Crippen LogP contribution in [0.25, 0.3) is 0 Å². The van der Waals surface area contributed by atoms with Gasteiger partial charge in [0.1, 0.15) is 10.6 Å². The highest BCUT2D eigenvalue weighted by Gasteiger charge is 2.32. The molecule has 0 saturated heterocycles. The summed E-state index contributed by atoms with van der Waals surface area (Å²) >= 11 is 0. The molecule has 2 rings (SSSR count). The molecule has 1 heterocycles. The second kappa shape index (κ2) is 6.79. The second-order valence-electron chi connectivity index (χ2n) is 4.96. The maximum Gasteiger partial charge on any atom is 0.416 e. The Kier molecular flexibility index (Phi) is 5.12. The lowest BCUT2D eigenvalue weighted by Crippen LogP contribution is -2.30. The summed E-state index contributed by atoms with van der Waals surface area (Å²) in [5.74, 6) is -0.761. The average Bonchev–Trinajstić information content (AvgIpc) is 3.05. The Labute approximate surface area is 142 Å². The Morgan fingerprint density at radius 1 is 1.28 bits per heavy atom. The number of alkyl halides is 3. The number of benzene rings is 1. The van der Waals surface area contributed by atoms with E-state index in [9.17, 15) is 26.4 Å². The van der Waals surface area contributed by atoms with Crippen LogP contribution >= 0.6 is 0 Å². The Bertz CT molecular complexity index is 875. The van der Waals surface area contributed by atoms with Gasteiger partial charge in [0.15, 0.2) is 0 Å². The standard InChI is InChI=1S/C15H15F3N2O4S/c1-3-20(11-6-4-5-10(7-11)15(16,17)18)25(22,23)12-8-13(19-9-12)14(21)24-2/h4-9,19H,3H2,1-2H3. The van der Waals surface area contributed by atoms with Crippen molar-refractivity contribution in [2.75, 3.05) is 18.0 Å². The number of carbonyl (C=O) groups is 1. The first-order valence-electron chi connectivity index (χ1n) is 7.08. The number of hydrogen-bond donors (Lipinski definition) is 1.